The molecule has 10 nitrogen and oxygen atoms in total. The molecule has 208 valence electrons. The number of thiazole rings is 1. The Kier molecular flexibility index (Phi) is 6.81. The number of hydrogen-bond donors (Lipinski definition) is 4. The maximum absolute atomic E-state index is 14.4. The van der Waals surface area contributed by atoms with Gasteiger partial charge in [0.1, 0.15) is 46.1 Å². The largest absolute Gasteiger partial charge is 0.494 e. The van der Waals surface area contributed by atoms with E-state index < -0.39 is 28.6 Å². The third-order valence-corrected chi connectivity index (χ3v) is 8.05. The topological polar surface area (TPSA) is 163 Å². The molecule has 3 heterocycles. The third-order valence-electron chi connectivity index (χ3n) is 6.91. The number of nitrogens with one attached hydrogen (secondary N) is 1. The lowest BCUT2D eigenvalue weighted by Crippen LogP contribution is -2.41. The first-order chi connectivity index (χ1) is 18.8. The molecule has 1 aliphatic heterocycles. The molecule has 0 spiro atoms. The van der Waals surface area contributed by atoms with Gasteiger partial charge in [-0.15, -0.1) is 0 Å². The number of pyridine rings is 1. The van der Waals surface area contributed by atoms with Gasteiger partial charge in [-0.3, -0.25) is 9.59 Å². The second-order valence-electron chi connectivity index (χ2n) is 9.88. The minimum atomic E-state index is -1.73. The predicted molar refractivity (Wildman–Crippen MR) is 149 cm³/mol. The summed E-state index contributed by atoms with van der Waals surface area (Å²) in [7, 11) is 1.46. The van der Waals surface area contributed by atoms with Crippen LogP contribution in [-0.2, 0) is 15.8 Å². The van der Waals surface area contributed by atoms with Crippen LogP contribution in [0.3, 0.4) is 0 Å². The maximum atomic E-state index is 14.4. The number of carbonyl (C=O) groups excluding carboxylic acids is 2. The maximum Gasteiger partial charge on any atom is 0.251 e. The summed E-state index contributed by atoms with van der Waals surface area (Å²) in [5.41, 5.74) is 10.4. The van der Waals surface area contributed by atoms with Crippen LogP contribution in [0.2, 0.25) is 5.02 Å². The van der Waals surface area contributed by atoms with Crippen LogP contribution in [0.5, 0.6) is 11.5 Å². The summed E-state index contributed by atoms with van der Waals surface area (Å²) in [5.74, 6) is -1.18. The number of hydrogen-bond acceptors (Lipinski definition) is 9. The zero-order valence-corrected chi connectivity index (χ0v) is 23.2. The zero-order chi connectivity index (χ0) is 29.0. The average molecular weight is 586 g/mol. The SMILES string of the molecule is COc1cc(C(=O)NC[C@](C)(O)c2cc3c(c(-c4ccc(Cl)c(F)c4)n2)OC[C@]3(C)C(N)=O)cc2sc(N)nc12. The van der Waals surface area contributed by atoms with Crippen molar-refractivity contribution in [2.75, 3.05) is 26.0 Å². The first-order valence-electron chi connectivity index (χ1n) is 12.0. The highest BCUT2D eigenvalue weighted by molar-refractivity contribution is 7.22. The van der Waals surface area contributed by atoms with Crippen molar-refractivity contribution in [2.24, 2.45) is 5.73 Å². The number of methoxy groups -OCH3 is 1. The van der Waals surface area contributed by atoms with Crippen molar-refractivity contribution >= 4 is 50.1 Å². The number of carbonyl (C=O) groups is 2. The Morgan fingerprint density at radius 1 is 1.30 bits per heavy atom. The highest BCUT2D eigenvalue weighted by Crippen LogP contribution is 2.45. The van der Waals surface area contributed by atoms with Gasteiger partial charge in [-0.2, -0.15) is 0 Å². The van der Waals surface area contributed by atoms with E-state index in [0.29, 0.717) is 32.2 Å². The van der Waals surface area contributed by atoms with Crippen LogP contribution in [-0.4, -0.2) is 47.2 Å². The van der Waals surface area contributed by atoms with Crippen LogP contribution in [0.25, 0.3) is 21.5 Å². The fourth-order valence-corrected chi connectivity index (χ4v) is 5.36. The van der Waals surface area contributed by atoms with Crippen molar-refractivity contribution in [3.63, 3.8) is 0 Å². The van der Waals surface area contributed by atoms with Gasteiger partial charge in [0, 0.05) is 16.7 Å². The molecule has 13 heteroatoms. The molecular formula is C27H25ClFN5O5S. The van der Waals surface area contributed by atoms with Crippen LogP contribution in [0.15, 0.2) is 36.4 Å². The highest BCUT2D eigenvalue weighted by atomic mass is 35.5. The van der Waals surface area contributed by atoms with Crippen molar-refractivity contribution in [1.29, 1.82) is 0 Å². The Morgan fingerprint density at radius 3 is 2.73 bits per heavy atom. The minimum absolute atomic E-state index is 0.0584. The first-order valence-corrected chi connectivity index (χ1v) is 13.2. The second kappa shape index (κ2) is 9.88. The first kappa shape index (κ1) is 27.6. The van der Waals surface area contributed by atoms with E-state index >= 15 is 0 Å². The van der Waals surface area contributed by atoms with Gasteiger partial charge in [0.05, 0.1) is 29.1 Å². The fraction of sp³-hybridized carbons (Fsp3) is 0.259. The Hall–Kier alpha value is -4.00. The molecule has 0 aliphatic carbocycles. The molecule has 2 amide bonds. The van der Waals surface area contributed by atoms with E-state index in [0.717, 1.165) is 0 Å². The molecule has 2 atom stereocenters. The van der Waals surface area contributed by atoms with E-state index in [1.807, 2.05) is 0 Å². The Balaban J connectivity index is 1.51. The quantitative estimate of drug-likeness (QED) is 0.256. The van der Waals surface area contributed by atoms with Crippen LogP contribution in [0, 0.1) is 5.82 Å². The normalized spacial score (nSPS) is 17.6. The molecule has 0 radical (unpaired) electrons. The zero-order valence-electron chi connectivity index (χ0n) is 21.7. The third kappa shape index (κ3) is 4.67. The number of halogens is 2. The summed E-state index contributed by atoms with van der Waals surface area (Å²) >= 11 is 7.08. The summed E-state index contributed by atoms with van der Waals surface area (Å²) in [5, 5.41) is 14.5. The number of fused-ring (bicyclic) bond motifs is 2. The number of aliphatic hydroxyl groups is 1. The average Bonchev–Trinajstić information content (AvgIpc) is 3.47. The summed E-state index contributed by atoms with van der Waals surface area (Å²) in [6.45, 7) is 2.76. The molecule has 5 rings (SSSR count). The molecule has 0 unspecified atom stereocenters. The van der Waals surface area contributed by atoms with E-state index in [-0.39, 0.29) is 40.9 Å². The smallest absolute Gasteiger partial charge is 0.251 e. The number of nitrogens with zero attached hydrogens (tertiary/aromatic N) is 2. The monoisotopic (exact) mass is 585 g/mol. The molecule has 6 N–H and O–H groups in total. The van der Waals surface area contributed by atoms with Crippen LogP contribution in [0.1, 0.15) is 35.5 Å². The van der Waals surface area contributed by atoms with E-state index in [4.69, 9.17) is 32.5 Å². The lowest BCUT2D eigenvalue weighted by Gasteiger charge is -2.26. The van der Waals surface area contributed by atoms with Crippen molar-refractivity contribution in [3.8, 4) is 22.8 Å². The number of benzene rings is 2. The molecule has 4 aromatic rings. The van der Waals surface area contributed by atoms with Crippen LogP contribution in [0.4, 0.5) is 9.52 Å². The lowest BCUT2D eigenvalue weighted by atomic mass is 9.82. The number of ether oxygens (including phenoxy) is 2. The Morgan fingerprint density at radius 2 is 2.05 bits per heavy atom. The van der Waals surface area contributed by atoms with Gasteiger partial charge < -0.3 is 31.4 Å². The molecule has 2 aromatic heterocycles. The van der Waals surface area contributed by atoms with Gasteiger partial charge in [-0.25, -0.2) is 14.4 Å². The number of anilines is 1. The van der Waals surface area contributed by atoms with E-state index in [9.17, 15) is 19.1 Å². The van der Waals surface area contributed by atoms with E-state index in [1.54, 1.807) is 19.1 Å². The van der Waals surface area contributed by atoms with E-state index in [1.165, 1.54) is 49.6 Å². The number of nitrogen functional groups attached to an aromatic ring is 1. The molecule has 0 fully saturated rings. The molecule has 40 heavy (non-hydrogen) atoms. The van der Waals surface area contributed by atoms with Crippen LogP contribution >= 0.6 is 22.9 Å². The number of primary amides is 1. The van der Waals surface area contributed by atoms with Crippen molar-refractivity contribution < 1.29 is 28.6 Å². The van der Waals surface area contributed by atoms with Crippen molar-refractivity contribution in [2.45, 2.75) is 24.9 Å². The van der Waals surface area contributed by atoms with Gasteiger partial charge in [0.2, 0.25) is 5.91 Å². The summed E-state index contributed by atoms with van der Waals surface area (Å²) in [4.78, 5) is 34.3. The standard InChI is InChI=1S/C27H25ClFN5O5S/c1-26(24(30)36)11-39-22-14(26)9-19(33-20(22)12-4-5-15(28)16(29)6-12)27(2,37)10-32-23(35)13-7-17(38-3)21-18(8-13)40-25(31)34-21/h4-9,37H,10-11H2,1-3H3,(H2,30,36)(H2,31,34)(H,32,35)/t26-,27-/m0/s1. The lowest BCUT2D eigenvalue weighted by molar-refractivity contribution is -0.123. The molecule has 0 saturated heterocycles. The number of amides is 2. The Labute approximate surface area is 237 Å². The van der Waals surface area contributed by atoms with Gasteiger partial charge in [0.25, 0.3) is 5.91 Å². The predicted octanol–water partition coefficient (Wildman–Crippen LogP) is 3.51. The second-order valence-corrected chi connectivity index (χ2v) is 11.4. The summed E-state index contributed by atoms with van der Waals surface area (Å²) in [6.07, 6.45) is 0. The molecule has 0 bridgehead atoms. The Bertz CT molecular complexity index is 1690. The molecule has 0 saturated carbocycles. The van der Waals surface area contributed by atoms with Crippen molar-refractivity contribution in [3.05, 3.63) is 64.1 Å². The van der Waals surface area contributed by atoms with E-state index in [2.05, 4.69) is 15.3 Å². The number of aromatic nitrogens is 2. The minimum Gasteiger partial charge on any atom is -0.494 e. The fourth-order valence-electron chi connectivity index (χ4n) is 4.45. The highest BCUT2D eigenvalue weighted by Gasteiger charge is 2.45. The number of rotatable bonds is 7. The molecule has 1 aliphatic rings. The molecular weight excluding hydrogens is 561 g/mol. The van der Waals surface area contributed by atoms with Gasteiger partial charge in [-0.05, 0) is 44.2 Å². The summed E-state index contributed by atoms with van der Waals surface area (Å²) < 4.78 is 26.2. The van der Waals surface area contributed by atoms with Crippen LogP contribution < -0.4 is 26.3 Å². The van der Waals surface area contributed by atoms with Gasteiger partial charge in [0.15, 0.2) is 5.13 Å². The summed E-state index contributed by atoms with van der Waals surface area (Å²) in [6, 6.07) is 8.78. The van der Waals surface area contributed by atoms with Gasteiger partial charge in [-0.1, -0.05) is 29.0 Å². The molecule has 2 aromatic carbocycles. The van der Waals surface area contributed by atoms with Crippen molar-refractivity contribution in [1.82, 2.24) is 15.3 Å². The van der Waals surface area contributed by atoms with Gasteiger partial charge >= 0.3 is 0 Å². The number of nitrogens with two attached hydrogens (primary N) is 2.